The van der Waals surface area contributed by atoms with Crippen molar-refractivity contribution < 1.29 is 19.1 Å². The Balaban J connectivity index is 1.51. The van der Waals surface area contributed by atoms with E-state index in [1.54, 1.807) is 17.0 Å². The van der Waals surface area contributed by atoms with Crippen molar-refractivity contribution in [3.05, 3.63) is 99.9 Å². The van der Waals surface area contributed by atoms with Crippen molar-refractivity contribution in [2.45, 2.75) is 54.3 Å². The largest absolute Gasteiger partial charge is 0.396 e. The Morgan fingerprint density at radius 2 is 1.81 bits per heavy atom. The van der Waals surface area contributed by atoms with Gasteiger partial charge in [0.2, 0.25) is 5.91 Å². The number of thioether (sulfide) groups is 1. The normalized spacial score (nSPS) is 24.4. The van der Waals surface area contributed by atoms with E-state index in [1.165, 1.54) is 23.9 Å². The number of nitrogens with zero attached hydrogens (tertiary/aromatic N) is 1. The number of benzene rings is 3. The van der Waals surface area contributed by atoms with Crippen LogP contribution in [-0.4, -0.2) is 38.0 Å². The van der Waals surface area contributed by atoms with E-state index >= 15 is 0 Å². The van der Waals surface area contributed by atoms with Crippen LogP contribution in [0.3, 0.4) is 0 Å². The number of aliphatic hydroxyl groups is 1. The lowest BCUT2D eigenvalue weighted by Gasteiger charge is -2.39. The van der Waals surface area contributed by atoms with Crippen LogP contribution in [-0.2, 0) is 16.1 Å². The first-order chi connectivity index (χ1) is 20.3. The number of rotatable bonds is 8. The molecule has 0 unspecified atom stereocenters. The average Bonchev–Trinajstić information content (AvgIpc) is 3.52. The van der Waals surface area contributed by atoms with Gasteiger partial charge in [0.1, 0.15) is 10.6 Å². The average molecular weight is 626 g/mol. The van der Waals surface area contributed by atoms with Crippen molar-refractivity contribution >= 4 is 57.6 Å². The molecule has 1 aliphatic carbocycles. The van der Waals surface area contributed by atoms with E-state index < -0.39 is 16.6 Å². The second-order valence-electron chi connectivity index (χ2n) is 11.4. The van der Waals surface area contributed by atoms with E-state index in [0.717, 1.165) is 34.2 Å². The zero-order valence-electron chi connectivity index (χ0n) is 22.9. The Kier molecular flexibility index (Phi) is 8.38. The molecule has 0 spiro atoms. The smallest absolute Gasteiger partial charge is 0.225 e. The van der Waals surface area contributed by atoms with Crippen LogP contribution in [0.15, 0.2) is 77.8 Å². The number of amides is 1. The van der Waals surface area contributed by atoms with Crippen LogP contribution >= 0.6 is 35.0 Å². The highest BCUT2D eigenvalue weighted by atomic mass is 35.5. The zero-order valence-corrected chi connectivity index (χ0v) is 25.2. The third-order valence-corrected chi connectivity index (χ3v) is 10.7. The summed E-state index contributed by atoms with van der Waals surface area (Å²) >= 11 is 13.7. The zero-order chi connectivity index (χ0) is 29.4. The fraction of sp³-hybridized carbons (Fsp3) is 0.333. The molecule has 1 aliphatic heterocycles. The number of aromatic amines is 1. The van der Waals surface area contributed by atoms with Gasteiger partial charge in [0.05, 0.1) is 17.5 Å². The third kappa shape index (κ3) is 5.48. The number of aromatic nitrogens is 1. The molecule has 218 valence electrons. The van der Waals surface area contributed by atoms with E-state index in [1.807, 2.05) is 48.7 Å². The van der Waals surface area contributed by atoms with Crippen LogP contribution < -0.4 is 0 Å². The molecule has 0 radical (unpaired) electrons. The number of H-pyrrole nitrogens is 1. The second kappa shape index (κ2) is 12.0. The fourth-order valence-electron chi connectivity index (χ4n) is 6.61. The molecule has 1 saturated heterocycles. The van der Waals surface area contributed by atoms with Gasteiger partial charge < -0.3 is 15.0 Å². The number of hydrogen-bond donors (Lipinski definition) is 2. The summed E-state index contributed by atoms with van der Waals surface area (Å²) in [7, 11) is 0. The molecule has 2 fully saturated rings. The first-order valence-corrected chi connectivity index (χ1v) is 15.8. The van der Waals surface area contributed by atoms with Gasteiger partial charge in [-0.15, -0.1) is 11.8 Å². The maximum atomic E-state index is 14.9. The van der Waals surface area contributed by atoms with Crippen LogP contribution in [0.5, 0.6) is 0 Å². The molecular formula is C33H31Cl2FN2O3S. The number of likely N-dealkylation sites (tertiary alicyclic amines) is 1. The fourth-order valence-corrected chi connectivity index (χ4v) is 8.45. The number of hydrogen-bond acceptors (Lipinski definition) is 4. The lowest BCUT2D eigenvalue weighted by molar-refractivity contribution is -0.129. The standard InChI is InChI=1S/C33H31Cl2FN2O3S/c34-23-11-12-25-26(17-37-29(25)15-23)31-33(42-24-4-2-1-3-5-24,32(41)22-9-6-20(19-39)7-10-22)16-30(40)38(31)18-21-8-13-27(35)28(36)14-21/h1-5,8,11-15,17,20,22,31,37,39H,6-7,9-10,16,18-19H2/t20?,22?,31-,33-/m0/s1. The first-order valence-electron chi connectivity index (χ1n) is 14.2. The molecule has 0 bridgehead atoms. The minimum atomic E-state index is -1.13. The molecule has 1 aromatic heterocycles. The summed E-state index contributed by atoms with van der Waals surface area (Å²) in [6, 6.07) is 19.2. The summed E-state index contributed by atoms with van der Waals surface area (Å²) in [6.45, 7) is 0.245. The molecule has 5 nitrogen and oxygen atoms in total. The van der Waals surface area contributed by atoms with Crippen molar-refractivity contribution in [3.63, 3.8) is 0 Å². The molecule has 2 N–H and O–H groups in total. The monoisotopic (exact) mass is 624 g/mol. The maximum Gasteiger partial charge on any atom is 0.225 e. The van der Waals surface area contributed by atoms with Crippen molar-refractivity contribution in [2.24, 2.45) is 11.8 Å². The number of carbonyl (C=O) groups is 2. The minimum Gasteiger partial charge on any atom is -0.396 e. The van der Waals surface area contributed by atoms with E-state index in [0.29, 0.717) is 23.4 Å². The van der Waals surface area contributed by atoms with Crippen molar-refractivity contribution in [1.29, 1.82) is 0 Å². The van der Waals surface area contributed by atoms with Crippen LogP contribution in [0, 0.1) is 17.7 Å². The number of fused-ring (bicyclic) bond motifs is 1. The molecule has 9 heteroatoms. The van der Waals surface area contributed by atoms with E-state index in [4.69, 9.17) is 23.2 Å². The Hall–Kier alpha value is -2.84. The number of aliphatic hydroxyl groups excluding tert-OH is 1. The topological polar surface area (TPSA) is 73.4 Å². The SMILES string of the molecule is O=C1C[C@@](Sc2ccccc2)(C(=O)C2CCC(CO)CC2)[C@H](c2c[nH]c3cc(Cl)ccc23)N1Cc1ccc(Cl)c(F)c1. The highest BCUT2D eigenvalue weighted by molar-refractivity contribution is 8.01. The summed E-state index contributed by atoms with van der Waals surface area (Å²) < 4.78 is 13.4. The Bertz CT molecular complexity index is 1620. The van der Waals surface area contributed by atoms with E-state index in [9.17, 15) is 19.1 Å². The van der Waals surface area contributed by atoms with Crippen molar-refractivity contribution in [2.75, 3.05) is 6.61 Å². The summed E-state index contributed by atoms with van der Waals surface area (Å²) in [5.41, 5.74) is 2.22. The lowest BCUT2D eigenvalue weighted by Crippen LogP contribution is -2.45. The molecule has 1 amide bonds. The number of halogens is 3. The number of nitrogens with one attached hydrogen (secondary N) is 1. The van der Waals surface area contributed by atoms with Gasteiger partial charge in [0, 0.05) is 51.7 Å². The van der Waals surface area contributed by atoms with Crippen LogP contribution in [0.4, 0.5) is 4.39 Å². The molecule has 2 heterocycles. The molecule has 42 heavy (non-hydrogen) atoms. The minimum absolute atomic E-state index is 0.0131. The van der Waals surface area contributed by atoms with Gasteiger partial charge in [-0.3, -0.25) is 9.59 Å². The highest BCUT2D eigenvalue weighted by Crippen LogP contribution is 2.56. The van der Waals surface area contributed by atoms with Gasteiger partial charge in [-0.25, -0.2) is 4.39 Å². The summed E-state index contributed by atoms with van der Waals surface area (Å²) in [5.74, 6) is -0.700. The summed E-state index contributed by atoms with van der Waals surface area (Å²) in [4.78, 5) is 34.9. The van der Waals surface area contributed by atoms with Gasteiger partial charge in [-0.05, 0) is 73.6 Å². The number of carbonyl (C=O) groups excluding carboxylic acids is 2. The van der Waals surface area contributed by atoms with E-state index in [-0.39, 0.29) is 48.1 Å². The summed E-state index contributed by atoms with van der Waals surface area (Å²) in [6.07, 6.45) is 4.79. The van der Waals surface area contributed by atoms with Gasteiger partial charge in [0.25, 0.3) is 0 Å². The van der Waals surface area contributed by atoms with Crippen LogP contribution in [0.25, 0.3) is 10.9 Å². The molecule has 2 aliphatic rings. The second-order valence-corrected chi connectivity index (χ2v) is 13.6. The highest BCUT2D eigenvalue weighted by Gasteiger charge is 2.59. The Morgan fingerprint density at radius 1 is 1.05 bits per heavy atom. The van der Waals surface area contributed by atoms with Crippen LogP contribution in [0.2, 0.25) is 10.0 Å². The molecular weight excluding hydrogens is 594 g/mol. The lowest BCUT2D eigenvalue weighted by atomic mass is 9.74. The van der Waals surface area contributed by atoms with Crippen LogP contribution in [0.1, 0.15) is 49.3 Å². The molecule has 6 rings (SSSR count). The molecule has 1 saturated carbocycles. The first kappa shape index (κ1) is 29.2. The third-order valence-electron chi connectivity index (χ3n) is 8.73. The van der Waals surface area contributed by atoms with E-state index in [2.05, 4.69) is 4.98 Å². The summed E-state index contributed by atoms with van der Waals surface area (Å²) in [5, 5.41) is 11.2. The maximum absolute atomic E-state index is 14.9. The Morgan fingerprint density at radius 3 is 2.52 bits per heavy atom. The van der Waals surface area contributed by atoms with Crippen molar-refractivity contribution in [3.8, 4) is 0 Å². The molecule has 4 aromatic rings. The number of Topliss-reactive ketones (excluding diaryl/α,β-unsaturated/α-hetero) is 1. The number of ketones is 1. The predicted octanol–water partition coefficient (Wildman–Crippen LogP) is 7.99. The van der Waals surface area contributed by atoms with Gasteiger partial charge in [0.15, 0.2) is 5.78 Å². The predicted molar refractivity (Wildman–Crippen MR) is 165 cm³/mol. The van der Waals surface area contributed by atoms with Gasteiger partial charge in [-0.1, -0.05) is 53.5 Å². The molecule has 2 atom stereocenters. The quantitative estimate of drug-likeness (QED) is 0.208. The Labute approximate surface area is 258 Å². The van der Waals surface area contributed by atoms with Crippen molar-refractivity contribution in [1.82, 2.24) is 9.88 Å². The van der Waals surface area contributed by atoms with Gasteiger partial charge in [-0.2, -0.15) is 0 Å². The molecule has 3 aromatic carbocycles. The van der Waals surface area contributed by atoms with Gasteiger partial charge >= 0.3 is 0 Å².